The predicted molar refractivity (Wildman–Crippen MR) is 114 cm³/mol. The van der Waals surface area contributed by atoms with Crippen LogP contribution in [0.4, 0.5) is 0 Å². The maximum Gasteiger partial charge on any atom is 0.335 e. The van der Waals surface area contributed by atoms with Crippen molar-refractivity contribution in [3.05, 3.63) is 95.6 Å². The third-order valence-electron chi connectivity index (χ3n) is 4.14. The van der Waals surface area contributed by atoms with Crippen LogP contribution in [-0.4, -0.2) is 25.0 Å². The number of allylic oxidation sites excluding steroid dienone is 1. The molecule has 3 aromatic rings. The minimum Gasteiger partial charge on any atom is -0.478 e. The molecule has 0 amide bonds. The molecule has 29 heavy (non-hydrogen) atoms. The van der Waals surface area contributed by atoms with Crippen molar-refractivity contribution < 1.29 is 19.4 Å². The van der Waals surface area contributed by atoms with Gasteiger partial charge in [-0.25, -0.2) is 4.79 Å². The molecular weight excluding hydrogens is 364 g/mol. The largest absolute Gasteiger partial charge is 0.478 e. The Kier molecular flexibility index (Phi) is 6.83. The van der Waals surface area contributed by atoms with Gasteiger partial charge in [-0.1, -0.05) is 48.2 Å². The minimum atomic E-state index is -0.947. The zero-order chi connectivity index (χ0) is 20.5. The molecule has 0 aliphatic carbocycles. The fraction of sp³-hybridized carbons (Fsp3) is 0.0800. The molecule has 0 fully saturated rings. The summed E-state index contributed by atoms with van der Waals surface area (Å²) < 4.78 is 10.5. The van der Waals surface area contributed by atoms with Gasteiger partial charge >= 0.3 is 5.97 Å². The Morgan fingerprint density at radius 1 is 1.03 bits per heavy atom. The molecule has 4 heteroatoms. The van der Waals surface area contributed by atoms with Crippen LogP contribution in [0.3, 0.4) is 0 Å². The molecule has 144 valence electrons. The second kappa shape index (κ2) is 9.93. The second-order valence-electron chi connectivity index (χ2n) is 6.15. The van der Waals surface area contributed by atoms with E-state index in [2.05, 4.69) is 11.8 Å². The Bertz CT molecular complexity index is 1070. The molecule has 0 aromatic heterocycles. The van der Waals surface area contributed by atoms with Crippen LogP contribution in [0.15, 0.2) is 78.9 Å². The zero-order valence-electron chi connectivity index (χ0n) is 16.0. The van der Waals surface area contributed by atoms with Crippen LogP contribution < -0.4 is 4.74 Å². The molecule has 0 aliphatic rings. The molecule has 3 aromatic carbocycles. The Labute approximate surface area is 170 Å². The van der Waals surface area contributed by atoms with E-state index in [-0.39, 0.29) is 12.4 Å². The van der Waals surface area contributed by atoms with Crippen molar-refractivity contribution in [3.8, 4) is 28.7 Å². The summed E-state index contributed by atoms with van der Waals surface area (Å²) in [6.07, 6.45) is 3.74. The van der Waals surface area contributed by atoms with Crippen molar-refractivity contribution in [3.63, 3.8) is 0 Å². The average molecular weight is 384 g/mol. The molecule has 0 saturated carbocycles. The van der Waals surface area contributed by atoms with Crippen LogP contribution in [0, 0.1) is 11.8 Å². The molecule has 0 atom stereocenters. The smallest absolute Gasteiger partial charge is 0.335 e. The number of methoxy groups -OCH3 is 1. The van der Waals surface area contributed by atoms with E-state index in [9.17, 15) is 4.79 Å². The van der Waals surface area contributed by atoms with Gasteiger partial charge in [0, 0.05) is 12.7 Å². The number of hydrogen-bond donors (Lipinski definition) is 1. The van der Waals surface area contributed by atoms with Crippen molar-refractivity contribution in [1.82, 2.24) is 0 Å². The van der Waals surface area contributed by atoms with Crippen molar-refractivity contribution >= 4 is 12.0 Å². The molecule has 0 unspecified atom stereocenters. The van der Waals surface area contributed by atoms with E-state index >= 15 is 0 Å². The molecule has 1 N–H and O–H groups in total. The molecule has 0 spiro atoms. The van der Waals surface area contributed by atoms with Crippen LogP contribution >= 0.6 is 0 Å². The van der Waals surface area contributed by atoms with Crippen molar-refractivity contribution in [1.29, 1.82) is 0 Å². The average Bonchev–Trinajstić information content (AvgIpc) is 2.76. The van der Waals surface area contributed by atoms with Gasteiger partial charge in [-0.05, 0) is 65.2 Å². The van der Waals surface area contributed by atoms with E-state index in [0.717, 1.165) is 28.0 Å². The van der Waals surface area contributed by atoms with E-state index < -0.39 is 5.97 Å². The Balaban J connectivity index is 1.79. The number of aromatic carboxylic acids is 1. The minimum absolute atomic E-state index is 0.202. The lowest BCUT2D eigenvalue weighted by molar-refractivity contribution is 0.0511. The monoisotopic (exact) mass is 384 g/mol. The zero-order valence-corrected chi connectivity index (χ0v) is 16.0. The highest BCUT2D eigenvalue weighted by atomic mass is 16.7. The third-order valence-corrected chi connectivity index (χ3v) is 4.14. The summed E-state index contributed by atoms with van der Waals surface area (Å²) in [6.45, 7) is 0.202. The number of ether oxygens (including phenoxy) is 2. The van der Waals surface area contributed by atoms with Crippen LogP contribution in [0.25, 0.3) is 17.2 Å². The van der Waals surface area contributed by atoms with Gasteiger partial charge in [-0.2, -0.15) is 0 Å². The summed E-state index contributed by atoms with van der Waals surface area (Å²) in [5, 5.41) is 8.93. The Hall–Kier alpha value is -3.81. The number of rotatable bonds is 6. The molecular formula is C25H20O4. The van der Waals surface area contributed by atoms with Crippen molar-refractivity contribution in [2.75, 3.05) is 13.9 Å². The third kappa shape index (κ3) is 5.58. The summed E-state index contributed by atoms with van der Waals surface area (Å²) >= 11 is 0. The first kappa shape index (κ1) is 19.9. The molecule has 4 nitrogen and oxygen atoms in total. The quantitative estimate of drug-likeness (QED) is 0.475. The fourth-order valence-electron chi connectivity index (χ4n) is 2.74. The van der Waals surface area contributed by atoms with Crippen LogP contribution in [0.2, 0.25) is 0 Å². The van der Waals surface area contributed by atoms with Crippen molar-refractivity contribution in [2.45, 2.75) is 0 Å². The number of carboxylic acid groups (broad SMARTS) is 1. The lowest BCUT2D eigenvalue weighted by atomic mass is 9.99. The van der Waals surface area contributed by atoms with Crippen LogP contribution in [-0.2, 0) is 4.74 Å². The highest BCUT2D eigenvalue weighted by Gasteiger charge is 2.04. The molecule has 0 saturated heterocycles. The molecule has 0 radical (unpaired) electrons. The number of benzene rings is 3. The van der Waals surface area contributed by atoms with Gasteiger partial charge in [0.05, 0.1) is 5.56 Å². The first-order valence-electron chi connectivity index (χ1n) is 9.00. The van der Waals surface area contributed by atoms with E-state index in [1.54, 1.807) is 37.5 Å². The van der Waals surface area contributed by atoms with E-state index in [4.69, 9.17) is 14.6 Å². The summed E-state index contributed by atoms with van der Waals surface area (Å²) in [7, 11) is 1.59. The van der Waals surface area contributed by atoms with Gasteiger partial charge in [0.2, 0.25) is 0 Å². The van der Waals surface area contributed by atoms with E-state index in [1.165, 1.54) is 0 Å². The van der Waals surface area contributed by atoms with Gasteiger partial charge in [0.25, 0.3) is 0 Å². The van der Waals surface area contributed by atoms with Crippen LogP contribution in [0.5, 0.6) is 5.75 Å². The van der Waals surface area contributed by atoms with Crippen molar-refractivity contribution in [2.24, 2.45) is 0 Å². The summed E-state index contributed by atoms with van der Waals surface area (Å²) in [6, 6.07) is 22.4. The SMILES string of the molecule is COCOc1cccc(-c2ccccc2C=CC#Cc2ccc(C(=O)O)cc2)c1. The van der Waals surface area contributed by atoms with Gasteiger partial charge in [0.15, 0.2) is 6.79 Å². The first-order valence-corrected chi connectivity index (χ1v) is 9.00. The molecule has 0 heterocycles. The molecule has 0 bridgehead atoms. The number of carbonyl (C=O) groups is 1. The highest BCUT2D eigenvalue weighted by molar-refractivity contribution is 5.87. The lowest BCUT2D eigenvalue weighted by Crippen LogP contribution is -1.98. The number of carboxylic acids is 1. The molecule has 3 rings (SSSR count). The maximum absolute atomic E-state index is 10.9. The second-order valence-corrected chi connectivity index (χ2v) is 6.15. The van der Waals surface area contributed by atoms with Gasteiger partial charge < -0.3 is 14.6 Å². The first-order chi connectivity index (χ1) is 14.2. The maximum atomic E-state index is 10.9. The van der Waals surface area contributed by atoms with Gasteiger partial charge in [0.1, 0.15) is 5.75 Å². The normalized spacial score (nSPS) is 10.4. The summed E-state index contributed by atoms with van der Waals surface area (Å²) in [5.74, 6) is 5.80. The van der Waals surface area contributed by atoms with E-state index in [1.807, 2.05) is 54.6 Å². The Morgan fingerprint density at radius 2 is 1.83 bits per heavy atom. The fourth-order valence-corrected chi connectivity index (χ4v) is 2.74. The Morgan fingerprint density at radius 3 is 2.59 bits per heavy atom. The predicted octanol–water partition coefficient (Wildman–Crippen LogP) is 5.10. The standard InChI is InChI=1S/C25H20O4/c1-28-18-29-23-11-6-10-22(17-23)24-12-5-4-9-20(24)8-3-2-7-19-13-15-21(16-14-19)25(26)27/h3-6,8-17H,18H2,1H3,(H,26,27). The van der Waals surface area contributed by atoms with Crippen LogP contribution in [0.1, 0.15) is 21.5 Å². The molecule has 0 aliphatic heterocycles. The highest BCUT2D eigenvalue weighted by Crippen LogP contribution is 2.27. The van der Waals surface area contributed by atoms with Gasteiger partial charge in [-0.15, -0.1) is 0 Å². The van der Waals surface area contributed by atoms with E-state index in [0.29, 0.717) is 0 Å². The number of hydrogen-bond acceptors (Lipinski definition) is 3. The summed E-state index contributed by atoms with van der Waals surface area (Å²) in [5.41, 5.74) is 4.15. The van der Waals surface area contributed by atoms with Gasteiger partial charge in [-0.3, -0.25) is 0 Å². The topological polar surface area (TPSA) is 55.8 Å². The summed E-state index contributed by atoms with van der Waals surface area (Å²) in [4.78, 5) is 10.9. The lowest BCUT2D eigenvalue weighted by Gasteiger charge is -2.09.